The van der Waals surface area contributed by atoms with Gasteiger partial charge in [0.15, 0.2) is 0 Å². The van der Waals surface area contributed by atoms with E-state index in [1.807, 2.05) is 6.92 Å². The summed E-state index contributed by atoms with van der Waals surface area (Å²) in [6.07, 6.45) is 3.62. The van der Waals surface area contributed by atoms with E-state index in [0.29, 0.717) is 5.56 Å². The SMILES string of the molecule is CC1(C(=O)OCc2ccccc2F)CCCCC1N. The fourth-order valence-electron chi connectivity index (χ4n) is 2.54. The number of halogens is 1. The highest BCUT2D eigenvalue weighted by Gasteiger charge is 2.42. The molecule has 0 aromatic heterocycles. The van der Waals surface area contributed by atoms with Crippen molar-refractivity contribution >= 4 is 5.97 Å². The van der Waals surface area contributed by atoms with Crippen LogP contribution in [-0.4, -0.2) is 12.0 Å². The second-order valence-corrected chi connectivity index (χ2v) is 5.44. The molecule has 0 aliphatic heterocycles. The molecule has 3 nitrogen and oxygen atoms in total. The fourth-order valence-corrected chi connectivity index (χ4v) is 2.54. The Bertz CT molecular complexity index is 463. The smallest absolute Gasteiger partial charge is 0.313 e. The number of benzene rings is 1. The van der Waals surface area contributed by atoms with E-state index >= 15 is 0 Å². The molecule has 1 aromatic carbocycles. The van der Waals surface area contributed by atoms with E-state index in [1.54, 1.807) is 18.2 Å². The largest absolute Gasteiger partial charge is 0.460 e. The van der Waals surface area contributed by atoms with Gasteiger partial charge in [-0.1, -0.05) is 31.0 Å². The summed E-state index contributed by atoms with van der Waals surface area (Å²) in [5.41, 5.74) is 5.80. The van der Waals surface area contributed by atoms with E-state index in [9.17, 15) is 9.18 Å². The van der Waals surface area contributed by atoms with Gasteiger partial charge in [0.05, 0.1) is 5.41 Å². The standard InChI is InChI=1S/C15H20FNO2/c1-15(9-5-4-8-13(15)17)14(18)19-10-11-6-2-3-7-12(11)16/h2-3,6-7,13H,4-5,8-10,17H2,1H3. The number of hydrogen-bond donors (Lipinski definition) is 1. The fraction of sp³-hybridized carbons (Fsp3) is 0.533. The van der Waals surface area contributed by atoms with Gasteiger partial charge in [-0.25, -0.2) is 4.39 Å². The molecule has 0 amide bonds. The summed E-state index contributed by atoms with van der Waals surface area (Å²) >= 11 is 0. The topological polar surface area (TPSA) is 52.3 Å². The molecule has 2 unspecified atom stereocenters. The molecule has 2 N–H and O–H groups in total. The number of carbonyl (C=O) groups is 1. The van der Waals surface area contributed by atoms with Crippen molar-refractivity contribution in [2.45, 2.75) is 45.3 Å². The number of nitrogens with two attached hydrogens (primary N) is 1. The van der Waals surface area contributed by atoms with Gasteiger partial charge in [-0.05, 0) is 25.8 Å². The summed E-state index contributed by atoms with van der Waals surface area (Å²) in [7, 11) is 0. The van der Waals surface area contributed by atoms with E-state index in [2.05, 4.69) is 0 Å². The first-order chi connectivity index (χ1) is 9.04. The number of esters is 1. The number of carbonyl (C=O) groups excluding carboxylic acids is 1. The van der Waals surface area contributed by atoms with Crippen molar-refractivity contribution in [3.8, 4) is 0 Å². The molecular weight excluding hydrogens is 245 g/mol. The average molecular weight is 265 g/mol. The van der Waals surface area contributed by atoms with Crippen LogP contribution in [0.5, 0.6) is 0 Å². The third-order valence-electron chi connectivity index (χ3n) is 4.06. The Balaban J connectivity index is 1.99. The first kappa shape index (κ1) is 14.0. The first-order valence-corrected chi connectivity index (χ1v) is 6.70. The lowest BCUT2D eigenvalue weighted by molar-refractivity contribution is -0.159. The summed E-state index contributed by atoms with van der Waals surface area (Å²) in [5, 5.41) is 0. The minimum absolute atomic E-state index is 0.0339. The maximum Gasteiger partial charge on any atom is 0.313 e. The molecule has 1 aromatic rings. The molecule has 1 aliphatic carbocycles. The van der Waals surface area contributed by atoms with Gasteiger partial charge >= 0.3 is 5.97 Å². The first-order valence-electron chi connectivity index (χ1n) is 6.70. The Hall–Kier alpha value is -1.42. The van der Waals surface area contributed by atoms with Crippen LogP contribution in [0.2, 0.25) is 0 Å². The molecule has 2 atom stereocenters. The van der Waals surface area contributed by atoms with Crippen molar-refractivity contribution in [2.24, 2.45) is 11.1 Å². The third-order valence-corrected chi connectivity index (χ3v) is 4.06. The Morgan fingerprint density at radius 2 is 2.21 bits per heavy atom. The summed E-state index contributed by atoms with van der Waals surface area (Å²) in [5.74, 6) is -0.670. The van der Waals surface area contributed by atoms with Crippen LogP contribution in [-0.2, 0) is 16.1 Å². The van der Waals surface area contributed by atoms with E-state index < -0.39 is 5.41 Å². The molecule has 0 bridgehead atoms. The molecule has 19 heavy (non-hydrogen) atoms. The maximum atomic E-state index is 13.4. The molecule has 1 aliphatic rings. The highest BCUT2D eigenvalue weighted by atomic mass is 19.1. The van der Waals surface area contributed by atoms with E-state index in [1.165, 1.54) is 6.07 Å². The number of ether oxygens (including phenoxy) is 1. The van der Waals surface area contributed by atoms with Gasteiger partial charge in [-0.15, -0.1) is 0 Å². The Morgan fingerprint density at radius 1 is 1.47 bits per heavy atom. The number of hydrogen-bond acceptors (Lipinski definition) is 3. The van der Waals surface area contributed by atoms with Crippen molar-refractivity contribution in [1.82, 2.24) is 0 Å². The molecule has 0 spiro atoms. The van der Waals surface area contributed by atoms with Crippen LogP contribution in [0.1, 0.15) is 38.2 Å². The van der Waals surface area contributed by atoms with E-state index in [-0.39, 0.29) is 24.4 Å². The highest BCUT2D eigenvalue weighted by molar-refractivity contribution is 5.77. The zero-order chi connectivity index (χ0) is 13.9. The zero-order valence-electron chi connectivity index (χ0n) is 11.2. The molecular formula is C15H20FNO2. The van der Waals surface area contributed by atoms with Crippen molar-refractivity contribution in [2.75, 3.05) is 0 Å². The van der Waals surface area contributed by atoms with Crippen LogP contribution in [0.3, 0.4) is 0 Å². The Morgan fingerprint density at radius 3 is 2.89 bits per heavy atom. The van der Waals surface area contributed by atoms with Gasteiger partial charge in [-0.3, -0.25) is 4.79 Å². The van der Waals surface area contributed by atoms with Crippen LogP contribution in [0.15, 0.2) is 24.3 Å². The highest BCUT2D eigenvalue weighted by Crippen LogP contribution is 2.36. The van der Waals surface area contributed by atoms with Gasteiger partial charge in [0.25, 0.3) is 0 Å². The zero-order valence-corrected chi connectivity index (χ0v) is 11.2. The Kier molecular flexibility index (Phi) is 4.20. The maximum absolute atomic E-state index is 13.4. The van der Waals surface area contributed by atoms with Gasteiger partial charge < -0.3 is 10.5 Å². The minimum Gasteiger partial charge on any atom is -0.460 e. The van der Waals surface area contributed by atoms with Crippen molar-refractivity contribution in [3.63, 3.8) is 0 Å². The normalized spacial score (nSPS) is 27.0. The molecule has 4 heteroatoms. The molecule has 2 rings (SSSR count). The number of rotatable bonds is 3. The summed E-state index contributed by atoms with van der Waals surface area (Å²) in [6.45, 7) is 1.81. The molecule has 0 heterocycles. The summed E-state index contributed by atoms with van der Waals surface area (Å²) in [4.78, 5) is 12.2. The van der Waals surface area contributed by atoms with Gasteiger partial charge in [-0.2, -0.15) is 0 Å². The monoisotopic (exact) mass is 265 g/mol. The average Bonchev–Trinajstić information content (AvgIpc) is 2.41. The second-order valence-electron chi connectivity index (χ2n) is 5.44. The van der Waals surface area contributed by atoms with Crippen molar-refractivity contribution in [3.05, 3.63) is 35.6 Å². The summed E-state index contributed by atoms with van der Waals surface area (Å²) in [6, 6.07) is 6.14. The second kappa shape index (κ2) is 5.70. The third kappa shape index (κ3) is 2.95. The van der Waals surface area contributed by atoms with Crippen LogP contribution < -0.4 is 5.73 Å². The van der Waals surface area contributed by atoms with Crippen LogP contribution in [0.4, 0.5) is 4.39 Å². The minimum atomic E-state index is -0.635. The predicted octanol–water partition coefficient (Wildman–Crippen LogP) is 2.78. The molecule has 1 saturated carbocycles. The van der Waals surface area contributed by atoms with Crippen LogP contribution in [0.25, 0.3) is 0 Å². The lowest BCUT2D eigenvalue weighted by Gasteiger charge is -2.36. The Labute approximate surface area is 112 Å². The van der Waals surface area contributed by atoms with Gasteiger partial charge in [0.2, 0.25) is 0 Å². The van der Waals surface area contributed by atoms with E-state index in [4.69, 9.17) is 10.5 Å². The molecule has 104 valence electrons. The molecule has 0 radical (unpaired) electrons. The quantitative estimate of drug-likeness (QED) is 0.855. The van der Waals surface area contributed by atoms with Crippen LogP contribution >= 0.6 is 0 Å². The van der Waals surface area contributed by atoms with Crippen molar-refractivity contribution < 1.29 is 13.9 Å². The van der Waals surface area contributed by atoms with E-state index in [0.717, 1.165) is 25.7 Å². The van der Waals surface area contributed by atoms with Crippen molar-refractivity contribution in [1.29, 1.82) is 0 Å². The summed E-state index contributed by atoms with van der Waals surface area (Å²) < 4.78 is 18.7. The van der Waals surface area contributed by atoms with Gasteiger partial charge in [0.1, 0.15) is 12.4 Å². The van der Waals surface area contributed by atoms with Gasteiger partial charge in [0, 0.05) is 11.6 Å². The molecule has 0 saturated heterocycles. The van der Waals surface area contributed by atoms with Crippen LogP contribution in [0, 0.1) is 11.2 Å². The molecule has 1 fully saturated rings. The lowest BCUT2D eigenvalue weighted by atomic mass is 9.72. The predicted molar refractivity (Wildman–Crippen MR) is 70.7 cm³/mol. The lowest BCUT2D eigenvalue weighted by Crippen LogP contribution is -2.48.